The molecule has 2 aromatic rings. The summed E-state index contributed by atoms with van der Waals surface area (Å²) in [5.74, 6) is 0.0850. The molecule has 0 bridgehead atoms. The number of nitrogens with zero attached hydrogens (tertiary/aromatic N) is 1. The first-order valence-corrected chi connectivity index (χ1v) is 6.13. The summed E-state index contributed by atoms with van der Waals surface area (Å²) in [4.78, 5) is 10.3. The molecular formula is C15H17NO3. The average molecular weight is 259 g/mol. The number of phenols is 1. The molecule has 2 aromatic carbocycles. The maximum Gasteiger partial charge on any atom is 0.270 e. The SMILES string of the molecule is CC.Cc1cc([N+](=O)[O-])cc(-c2ccccc2)c1O. The third-order valence-electron chi connectivity index (χ3n) is 2.58. The standard InChI is InChI=1S/C13H11NO3.C2H6/c1-9-7-11(14(16)17)8-12(13(9)15)10-5-3-2-4-6-10;1-2/h2-8,15H,1H3;1-2H3. The van der Waals surface area contributed by atoms with Gasteiger partial charge in [0.15, 0.2) is 0 Å². The molecule has 2 rings (SSSR count). The van der Waals surface area contributed by atoms with Gasteiger partial charge in [0.1, 0.15) is 5.75 Å². The Morgan fingerprint density at radius 1 is 1.11 bits per heavy atom. The van der Waals surface area contributed by atoms with Gasteiger partial charge in [-0.05, 0) is 18.1 Å². The van der Waals surface area contributed by atoms with Crippen LogP contribution in [0.4, 0.5) is 5.69 Å². The van der Waals surface area contributed by atoms with Gasteiger partial charge in [0.05, 0.1) is 4.92 Å². The van der Waals surface area contributed by atoms with Crippen molar-refractivity contribution in [2.75, 3.05) is 0 Å². The van der Waals surface area contributed by atoms with Gasteiger partial charge in [-0.3, -0.25) is 10.1 Å². The lowest BCUT2D eigenvalue weighted by molar-refractivity contribution is -0.384. The van der Waals surface area contributed by atoms with Crippen molar-refractivity contribution in [3.63, 3.8) is 0 Å². The molecule has 0 atom stereocenters. The van der Waals surface area contributed by atoms with E-state index in [0.717, 1.165) is 5.56 Å². The number of hydrogen-bond acceptors (Lipinski definition) is 3. The van der Waals surface area contributed by atoms with Crippen LogP contribution < -0.4 is 0 Å². The third-order valence-corrected chi connectivity index (χ3v) is 2.58. The molecule has 0 unspecified atom stereocenters. The fourth-order valence-electron chi connectivity index (χ4n) is 1.70. The first kappa shape index (κ1) is 14.7. The van der Waals surface area contributed by atoms with Crippen molar-refractivity contribution in [1.29, 1.82) is 0 Å². The van der Waals surface area contributed by atoms with Crippen LogP contribution in [0, 0.1) is 17.0 Å². The van der Waals surface area contributed by atoms with Gasteiger partial charge in [-0.15, -0.1) is 0 Å². The first-order chi connectivity index (χ1) is 9.09. The van der Waals surface area contributed by atoms with E-state index in [9.17, 15) is 15.2 Å². The third kappa shape index (κ3) is 3.31. The molecule has 0 saturated heterocycles. The Balaban J connectivity index is 0.000000861. The molecule has 0 saturated carbocycles. The van der Waals surface area contributed by atoms with Crippen LogP contribution in [0.5, 0.6) is 5.75 Å². The van der Waals surface area contributed by atoms with Crippen LogP contribution in [-0.2, 0) is 0 Å². The largest absolute Gasteiger partial charge is 0.507 e. The predicted octanol–water partition coefficient (Wildman–Crippen LogP) is 4.30. The number of aryl methyl sites for hydroxylation is 1. The molecule has 0 spiro atoms. The number of hydrogen-bond donors (Lipinski definition) is 1. The first-order valence-electron chi connectivity index (χ1n) is 6.13. The number of rotatable bonds is 2. The van der Waals surface area contributed by atoms with Gasteiger partial charge < -0.3 is 5.11 Å². The van der Waals surface area contributed by atoms with Crippen molar-refractivity contribution in [2.24, 2.45) is 0 Å². The molecule has 0 aliphatic carbocycles. The topological polar surface area (TPSA) is 63.4 Å². The zero-order chi connectivity index (χ0) is 14.4. The Bertz CT molecular complexity index is 565. The van der Waals surface area contributed by atoms with E-state index in [1.54, 1.807) is 19.1 Å². The maximum atomic E-state index is 10.8. The van der Waals surface area contributed by atoms with E-state index in [1.165, 1.54) is 12.1 Å². The van der Waals surface area contributed by atoms with Gasteiger partial charge in [-0.1, -0.05) is 44.2 Å². The molecule has 19 heavy (non-hydrogen) atoms. The van der Waals surface area contributed by atoms with E-state index in [4.69, 9.17) is 0 Å². The van der Waals surface area contributed by atoms with Crippen LogP contribution in [0.1, 0.15) is 19.4 Å². The Hall–Kier alpha value is -2.36. The van der Waals surface area contributed by atoms with Crippen LogP contribution in [0.3, 0.4) is 0 Å². The molecule has 0 radical (unpaired) electrons. The van der Waals surface area contributed by atoms with Crippen LogP contribution in [0.15, 0.2) is 42.5 Å². The Labute approximate surface area is 112 Å². The lowest BCUT2D eigenvalue weighted by Crippen LogP contribution is -1.91. The van der Waals surface area contributed by atoms with E-state index in [-0.39, 0.29) is 11.4 Å². The average Bonchev–Trinajstić information content (AvgIpc) is 2.44. The molecular weight excluding hydrogens is 242 g/mol. The monoisotopic (exact) mass is 259 g/mol. The Kier molecular flexibility index (Phi) is 5.06. The molecule has 0 fully saturated rings. The molecule has 0 aliphatic rings. The summed E-state index contributed by atoms with van der Waals surface area (Å²) in [5, 5.41) is 20.7. The predicted molar refractivity (Wildman–Crippen MR) is 76.3 cm³/mol. The molecule has 4 nitrogen and oxygen atoms in total. The number of non-ortho nitro benzene ring substituents is 1. The summed E-state index contributed by atoms with van der Waals surface area (Å²) in [6, 6.07) is 11.9. The number of nitro benzene ring substituents is 1. The van der Waals surface area contributed by atoms with Crippen LogP contribution in [-0.4, -0.2) is 10.0 Å². The molecule has 1 N–H and O–H groups in total. The van der Waals surface area contributed by atoms with Crippen molar-refractivity contribution >= 4 is 5.69 Å². The maximum absolute atomic E-state index is 10.8. The zero-order valence-corrected chi connectivity index (χ0v) is 11.3. The second-order valence-corrected chi connectivity index (χ2v) is 3.78. The smallest absolute Gasteiger partial charge is 0.270 e. The van der Waals surface area contributed by atoms with E-state index in [0.29, 0.717) is 11.1 Å². The quantitative estimate of drug-likeness (QED) is 0.646. The zero-order valence-electron chi connectivity index (χ0n) is 11.3. The summed E-state index contributed by atoms with van der Waals surface area (Å²) in [7, 11) is 0. The normalized spacial score (nSPS) is 9.42. The summed E-state index contributed by atoms with van der Waals surface area (Å²) in [5.41, 5.74) is 1.73. The lowest BCUT2D eigenvalue weighted by Gasteiger charge is -2.07. The van der Waals surface area contributed by atoms with Crippen molar-refractivity contribution in [3.8, 4) is 16.9 Å². The fraction of sp³-hybridized carbons (Fsp3) is 0.200. The van der Waals surface area contributed by atoms with Crippen molar-refractivity contribution in [2.45, 2.75) is 20.8 Å². The van der Waals surface area contributed by atoms with E-state index >= 15 is 0 Å². The van der Waals surface area contributed by atoms with Gasteiger partial charge in [0.25, 0.3) is 5.69 Å². The highest BCUT2D eigenvalue weighted by molar-refractivity contribution is 5.74. The van der Waals surface area contributed by atoms with Gasteiger partial charge in [-0.25, -0.2) is 0 Å². The Morgan fingerprint density at radius 2 is 1.68 bits per heavy atom. The molecule has 0 amide bonds. The highest BCUT2D eigenvalue weighted by atomic mass is 16.6. The highest BCUT2D eigenvalue weighted by Gasteiger charge is 2.14. The fourth-order valence-corrected chi connectivity index (χ4v) is 1.70. The van der Waals surface area contributed by atoms with E-state index < -0.39 is 4.92 Å². The number of phenolic OH excluding ortho intramolecular Hbond substituents is 1. The van der Waals surface area contributed by atoms with Crippen molar-refractivity contribution in [3.05, 3.63) is 58.1 Å². The molecule has 0 aliphatic heterocycles. The minimum atomic E-state index is -0.459. The van der Waals surface area contributed by atoms with Crippen LogP contribution >= 0.6 is 0 Å². The van der Waals surface area contributed by atoms with Crippen LogP contribution in [0.2, 0.25) is 0 Å². The van der Waals surface area contributed by atoms with Gasteiger partial charge in [-0.2, -0.15) is 0 Å². The minimum Gasteiger partial charge on any atom is -0.507 e. The second kappa shape index (κ2) is 6.54. The highest BCUT2D eigenvalue weighted by Crippen LogP contribution is 2.35. The second-order valence-electron chi connectivity index (χ2n) is 3.78. The van der Waals surface area contributed by atoms with Gasteiger partial charge in [0, 0.05) is 17.7 Å². The summed E-state index contributed by atoms with van der Waals surface area (Å²) in [6.07, 6.45) is 0. The number of nitro groups is 1. The molecule has 0 aromatic heterocycles. The molecule has 4 heteroatoms. The van der Waals surface area contributed by atoms with Crippen molar-refractivity contribution in [1.82, 2.24) is 0 Å². The minimum absolute atomic E-state index is 0.0147. The number of benzene rings is 2. The van der Waals surface area contributed by atoms with E-state index in [1.807, 2.05) is 32.0 Å². The van der Waals surface area contributed by atoms with Gasteiger partial charge in [0.2, 0.25) is 0 Å². The number of aromatic hydroxyl groups is 1. The van der Waals surface area contributed by atoms with Gasteiger partial charge >= 0.3 is 0 Å². The Morgan fingerprint density at radius 3 is 2.21 bits per heavy atom. The lowest BCUT2D eigenvalue weighted by atomic mass is 10.0. The summed E-state index contributed by atoms with van der Waals surface area (Å²) < 4.78 is 0. The van der Waals surface area contributed by atoms with E-state index in [2.05, 4.69) is 0 Å². The molecule has 0 heterocycles. The van der Waals surface area contributed by atoms with Crippen molar-refractivity contribution < 1.29 is 10.0 Å². The van der Waals surface area contributed by atoms with Crippen LogP contribution in [0.25, 0.3) is 11.1 Å². The molecule has 100 valence electrons. The summed E-state index contributed by atoms with van der Waals surface area (Å²) in [6.45, 7) is 5.65. The summed E-state index contributed by atoms with van der Waals surface area (Å²) >= 11 is 0.